The van der Waals surface area contributed by atoms with Crippen molar-refractivity contribution in [2.24, 2.45) is 0 Å². The highest BCUT2D eigenvalue weighted by molar-refractivity contribution is 7.09. The quantitative estimate of drug-likeness (QED) is 0.617. The number of hydrogen-bond donors (Lipinski definition) is 0. The van der Waals surface area contributed by atoms with Crippen LogP contribution in [0.4, 0.5) is 15.8 Å². The van der Waals surface area contributed by atoms with Crippen LogP contribution in [0.1, 0.15) is 29.5 Å². The highest BCUT2D eigenvalue weighted by atomic mass is 32.1. The van der Waals surface area contributed by atoms with Crippen LogP contribution in [0.25, 0.3) is 0 Å². The summed E-state index contributed by atoms with van der Waals surface area (Å²) in [5.41, 5.74) is 1.15. The zero-order chi connectivity index (χ0) is 17.3. The summed E-state index contributed by atoms with van der Waals surface area (Å²) in [6, 6.07) is 2.36. The minimum Gasteiger partial charge on any atom is -0.494 e. The molecule has 24 heavy (non-hydrogen) atoms. The van der Waals surface area contributed by atoms with Gasteiger partial charge in [0, 0.05) is 36.1 Å². The van der Waals surface area contributed by atoms with E-state index in [0.717, 1.165) is 29.6 Å². The average Bonchev–Trinajstić information content (AvgIpc) is 3.01. The first-order valence-electron chi connectivity index (χ1n) is 7.68. The summed E-state index contributed by atoms with van der Waals surface area (Å²) in [5, 5.41) is 14.4. The lowest BCUT2D eigenvalue weighted by Gasteiger charge is -2.33. The molecule has 1 saturated heterocycles. The van der Waals surface area contributed by atoms with Gasteiger partial charge < -0.3 is 9.64 Å². The number of nitrogens with zero attached hydrogens (tertiary/aromatic N) is 3. The molecule has 128 valence electrons. The predicted octanol–water partition coefficient (Wildman–Crippen LogP) is 3.89. The number of ether oxygens (including phenoxy) is 1. The molecule has 1 aliphatic rings. The Hall–Kier alpha value is -2.22. The highest BCUT2D eigenvalue weighted by Gasteiger charge is 2.29. The minimum absolute atomic E-state index is 0.0165. The van der Waals surface area contributed by atoms with E-state index >= 15 is 0 Å². The second-order valence-electron chi connectivity index (χ2n) is 5.84. The number of piperidine rings is 1. The molecule has 0 spiro atoms. The molecule has 1 aromatic carbocycles. The van der Waals surface area contributed by atoms with Crippen molar-refractivity contribution in [3.63, 3.8) is 0 Å². The summed E-state index contributed by atoms with van der Waals surface area (Å²) < 4.78 is 18.8. The molecular weight excluding hydrogens is 333 g/mol. The maximum Gasteiger partial charge on any atom is 0.295 e. The molecule has 3 rings (SSSR count). The van der Waals surface area contributed by atoms with Crippen LogP contribution in [0.5, 0.6) is 5.75 Å². The number of hydrogen-bond acceptors (Lipinski definition) is 6. The first kappa shape index (κ1) is 16.6. The van der Waals surface area contributed by atoms with E-state index in [1.165, 1.54) is 13.2 Å². The molecule has 1 aromatic heterocycles. The number of nitro groups is 1. The van der Waals surface area contributed by atoms with Crippen molar-refractivity contribution in [1.29, 1.82) is 0 Å². The van der Waals surface area contributed by atoms with E-state index in [0.29, 0.717) is 18.8 Å². The summed E-state index contributed by atoms with van der Waals surface area (Å²) >= 11 is 1.62. The summed E-state index contributed by atoms with van der Waals surface area (Å²) in [5.74, 6) is -0.479. The lowest BCUT2D eigenvalue weighted by atomic mass is 9.98. The molecule has 0 bridgehead atoms. The molecule has 2 heterocycles. The van der Waals surface area contributed by atoms with Gasteiger partial charge in [-0.25, -0.2) is 9.37 Å². The molecule has 1 fully saturated rings. The van der Waals surface area contributed by atoms with Crippen LogP contribution >= 0.6 is 11.3 Å². The van der Waals surface area contributed by atoms with Gasteiger partial charge in [-0.15, -0.1) is 11.3 Å². The Kier molecular flexibility index (Phi) is 4.66. The Labute approximate surface area is 143 Å². The number of methoxy groups -OCH3 is 1. The molecule has 1 aliphatic heterocycles. The zero-order valence-electron chi connectivity index (χ0n) is 13.5. The summed E-state index contributed by atoms with van der Waals surface area (Å²) in [6.07, 6.45) is 1.90. The molecule has 0 saturated carbocycles. The van der Waals surface area contributed by atoms with Crippen molar-refractivity contribution in [3.8, 4) is 5.75 Å². The van der Waals surface area contributed by atoms with E-state index in [1.54, 1.807) is 11.3 Å². The molecule has 0 amide bonds. The van der Waals surface area contributed by atoms with Crippen LogP contribution in [-0.4, -0.2) is 30.1 Å². The van der Waals surface area contributed by atoms with Gasteiger partial charge >= 0.3 is 0 Å². The summed E-state index contributed by atoms with van der Waals surface area (Å²) in [6.45, 7) is 3.27. The van der Waals surface area contributed by atoms with E-state index in [9.17, 15) is 14.5 Å². The third-order valence-corrected chi connectivity index (χ3v) is 5.32. The van der Waals surface area contributed by atoms with Crippen molar-refractivity contribution in [3.05, 3.63) is 44.1 Å². The van der Waals surface area contributed by atoms with Gasteiger partial charge in [-0.2, -0.15) is 0 Å². The van der Waals surface area contributed by atoms with Crippen LogP contribution < -0.4 is 9.64 Å². The monoisotopic (exact) mass is 351 g/mol. The van der Waals surface area contributed by atoms with Crippen LogP contribution in [0, 0.1) is 22.9 Å². The van der Waals surface area contributed by atoms with Crippen molar-refractivity contribution < 1.29 is 14.1 Å². The SMILES string of the molecule is COc1cc(N2CCCC(c3nc(C)cs3)C2)c([N+](=O)[O-])cc1F. The van der Waals surface area contributed by atoms with E-state index < -0.39 is 10.7 Å². The highest BCUT2D eigenvalue weighted by Crippen LogP contribution is 2.38. The molecule has 8 heteroatoms. The lowest BCUT2D eigenvalue weighted by Crippen LogP contribution is -2.34. The number of rotatable bonds is 4. The van der Waals surface area contributed by atoms with Gasteiger partial charge in [0.2, 0.25) is 0 Å². The van der Waals surface area contributed by atoms with Gasteiger partial charge in [-0.05, 0) is 19.8 Å². The Morgan fingerprint density at radius 2 is 2.29 bits per heavy atom. The molecule has 0 radical (unpaired) electrons. The fourth-order valence-corrected chi connectivity index (χ4v) is 3.97. The van der Waals surface area contributed by atoms with Crippen LogP contribution in [0.3, 0.4) is 0 Å². The van der Waals surface area contributed by atoms with Crippen LogP contribution in [-0.2, 0) is 0 Å². The van der Waals surface area contributed by atoms with Gasteiger partial charge in [0.05, 0.1) is 23.1 Å². The first-order valence-corrected chi connectivity index (χ1v) is 8.56. The van der Waals surface area contributed by atoms with E-state index in [1.807, 2.05) is 17.2 Å². The summed E-state index contributed by atoms with van der Waals surface area (Å²) in [7, 11) is 1.35. The van der Waals surface area contributed by atoms with Crippen molar-refractivity contribution in [2.75, 3.05) is 25.1 Å². The molecule has 0 N–H and O–H groups in total. The standard InChI is InChI=1S/C16H18FN3O3S/c1-10-9-24-16(18-10)11-4-3-5-19(8-11)13-7-15(23-2)12(17)6-14(13)20(21)22/h6-7,9,11H,3-5,8H2,1-2H3. The topological polar surface area (TPSA) is 68.5 Å². The summed E-state index contributed by atoms with van der Waals surface area (Å²) in [4.78, 5) is 17.3. The molecule has 6 nitrogen and oxygen atoms in total. The molecule has 1 atom stereocenters. The second-order valence-corrected chi connectivity index (χ2v) is 6.73. The van der Waals surface area contributed by atoms with E-state index in [-0.39, 0.29) is 17.4 Å². The Morgan fingerprint density at radius 1 is 1.50 bits per heavy atom. The third-order valence-electron chi connectivity index (χ3n) is 4.19. The Bertz CT molecular complexity index is 765. The average molecular weight is 351 g/mol. The van der Waals surface area contributed by atoms with Gasteiger partial charge in [0.25, 0.3) is 5.69 Å². The number of anilines is 1. The predicted molar refractivity (Wildman–Crippen MR) is 90.6 cm³/mol. The number of halogens is 1. The van der Waals surface area contributed by atoms with E-state index in [4.69, 9.17) is 4.74 Å². The molecule has 0 aliphatic carbocycles. The van der Waals surface area contributed by atoms with Gasteiger partial charge in [-0.3, -0.25) is 10.1 Å². The van der Waals surface area contributed by atoms with Crippen molar-refractivity contribution in [1.82, 2.24) is 4.98 Å². The van der Waals surface area contributed by atoms with Gasteiger partial charge in [-0.1, -0.05) is 0 Å². The van der Waals surface area contributed by atoms with Gasteiger partial charge in [0.15, 0.2) is 11.6 Å². The lowest BCUT2D eigenvalue weighted by molar-refractivity contribution is -0.384. The number of benzene rings is 1. The van der Waals surface area contributed by atoms with Gasteiger partial charge in [0.1, 0.15) is 5.69 Å². The maximum absolute atomic E-state index is 13.8. The fraction of sp³-hybridized carbons (Fsp3) is 0.438. The largest absolute Gasteiger partial charge is 0.494 e. The first-order chi connectivity index (χ1) is 11.5. The minimum atomic E-state index is -0.725. The fourth-order valence-electron chi connectivity index (χ4n) is 3.05. The normalized spacial score (nSPS) is 17.8. The zero-order valence-corrected chi connectivity index (χ0v) is 14.3. The van der Waals surface area contributed by atoms with Crippen LogP contribution in [0.2, 0.25) is 0 Å². The van der Waals surface area contributed by atoms with Crippen LogP contribution in [0.15, 0.2) is 17.5 Å². The third kappa shape index (κ3) is 3.19. The Balaban J connectivity index is 1.94. The van der Waals surface area contributed by atoms with E-state index in [2.05, 4.69) is 4.98 Å². The molecular formula is C16H18FN3O3S. The number of thiazole rings is 1. The smallest absolute Gasteiger partial charge is 0.295 e. The Morgan fingerprint density at radius 3 is 2.92 bits per heavy atom. The number of aryl methyl sites for hydroxylation is 1. The number of nitro benzene ring substituents is 1. The number of aromatic nitrogens is 1. The maximum atomic E-state index is 13.8. The van der Waals surface area contributed by atoms with Crippen molar-refractivity contribution >= 4 is 22.7 Å². The van der Waals surface area contributed by atoms with Crippen molar-refractivity contribution in [2.45, 2.75) is 25.7 Å². The second kappa shape index (κ2) is 6.72. The molecule has 1 unspecified atom stereocenters. The molecule has 2 aromatic rings.